The van der Waals surface area contributed by atoms with Gasteiger partial charge in [-0.25, -0.2) is 0 Å². The van der Waals surface area contributed by atoms with Crippen LogP contribution in [-0.4, -0.2) is 23.4 Å². The molecule has 4 rings (SSSR count). The molecule has 0 saturated carbocycles. The van der Waals surface area contributed by atoms with E-state index < -0.39 is 0 Å². The van der Waals surface area contributed by atoms with E-state index in [2.05, 4.69) is 42.1 Å². The Morgan fingerprint density at radius 2 is 1.68 bits per heavy atom. The number of benzene rings is 2. The molecule has 0 unspecified atom stereocenters. The van der Waals surface area contributed by atoms with E-state index in [9.17, 15) is 0 Å². The molecule has 1 aliphatic heterocycles. The van der Waals surface area contributed by atoms with E-state index in [0.717, 1.165) is 31.6 Å². The minimum Gasteiger partial charge on any atom is -0.486 e. The van der Waals surface area contributed by atoms with Crippen molar-refractivity contribution < 1.29 is 13.9 Å². The number of fused-ring (bicyclic) bond motifs is 1. The lowest BCUT2D eigenvalue weighted by molar-refractivity contribution is 0.171. The molecule has 25 heavy (non-hydrogen) atoms. The summed E-state index contributed by atoms with van der Waals surface area (Å²) in [6, 6.07) is 11.7. The van der Waals surface area contributed by atoms with Crippen LogP contribution in [0.25, 0.3) is 11.5 Å². The molecule has 2 heterocycles. The van der Waals surface area contributed by atoms with Gasteiger partial charge in [0, 0.05) is 20.3 Å². The molecule has 0 fully saturated rings. The molecule has 0 saturated heterocycles. The topological polar surface area (TPSA) is 57.4 Å². The smallest absolute Gasteiger partial charge is 0.277 e. The Hall–Kier alpha value is -1.51. The second-order valence-corrected chi connectivity index (χ2v) is 7.95. The quantitative estimate of drug-likeness (QED) is 0.468. The molecular weight excluding hydrogens is 472 g/mol. The lowest BCUT2D eigenvalue weighted by atomic mass is 10.2. The zero-order chi connectivity index (χ0) is 17.2. The number of nitrogens with zero attached hydrogens (tertiary/aromatic N) is 2. The molecule has 0 N–H and O–H groups in total. The second kappa shape index (κ2) is 7.39. The predicted octanol–water partition coefficient (Wildman–Crippen LogP) is 5.33. The second-order valence-electron chi connectivity index (χ2n) is 5.26. The van der Waals surface area contributed by atoms with Crippen molar-refractivity contribution in [1.82, 2.24) is 10.2 Å². The van der Waals surface area contributed by atoms with Gasteiger partial charge < -0.3 is 13.9 Å². The average Bonchev–Trinajstić information content (AvgIpc) is 3.09. The monoisotopic (exact) mass is 482 g/mol. The summed E-state index contributed by atoms with van der Waals surface area (Å²) in [6.07, 6.45) is 0. The molecule has 1 aliphatic rings. The van der Waals surface area contributed by atoms with E-state index in [0.29, 0.717) is 30.1 Å². The van der Waals surface area contributed by atoms with Crippen LogP contribution < -0.4 is 9.47 Å². The van der Waals surface area contributed by atoms with Crippen molar-refractivity contribution in [1.29, 1.82) is 0 Å². The Labute approximate surface area is 165 Å². The molecule has 0 spiro atoms. The van der Waals surface area contributed by atoms with Crippen LogP contribution >= 0.6 is 43.6 Å². The summed E-state index contributed by atoms with van der Waals surface area (Å²) in [5, 5.41) is 8.75. The summed E-state index contributed by atoms with van der Waals surface area (Å²) >= 11 is 8.47. The summed E-state index contributed by atoms with van der Waals surface area (Å²) in [5.74, 6) is 2.73. The lowest BCUT2D eigenvalue weighted by Gasteiger charge is -2.19. The first-order chi connectivity index (χ1) is 12.2. The summed E-state index contributed by atoms with van der Waals surface area (Å²) < 4.78 is 18.9. The number of aromatic nitrogens is 2. The number of thioether (sulfide) groups is 1. The molecule has 8 heteroatoms. The molecule has 0 atom stereocenters. The van der Waals surface area contributed by atoms with Crippen molar-refractivity contribution in [2.75, 3.05) is 13.2 Å². The third-order valence-electron chi connectivity index (χ3n) is 3.56. The SMILES string of the molecule is Brc1ccc(-c2nnc(SCc3cc4c(cc3Br)OCCO4)o2)cc1. The summed E-state index contributed by atoms with van der Waals surface area (Å²) in [4.78, 5) is 0. The minimum absolute atomic E-state index is 0.510. The Balaban J connectivity index is 1.48. The van der Waals surface area contributed by atoms with Crippen LogP contribution in [-0.2, 0) is 5.75 Å². The van der Waals surface area contributed by atoms with E-state index in [-0.39, 0.29) is 0 Å². The maximum Gasteiger partial charge on any atom is 0.277 e. The van der Waals surface area contributed by atoms with Crippen LogP contribution in [0.2, 0.25) is 0 Å². The average molecular weight is 484 g/mol. The predicted molar refractivity (Wildman–Crippen MR) is 102 cm³/mol. The first-order valence-corrected chi connectivity index (χ1v) is 10.1. The van der Waals surface area contributed by atoms with E-state index in [1.54, 1.807) is 0 Å². The Morgan fingerprint density at radius 1 is 0.960 bits per heavy atom. The summed E-state index contributed by atoms with van der Waals surface area (Å²) in [6.45, 7) is 1.15. The number of rotatable bonds is 4. The molecule has 5 nitrogen and oxygen atoms in total. The van der Waals surface area contributed by atoms with Crippen molar-refractivity contribution in [3.8, 4) is 23.0 Å². The largest absolute Gasteiger partial charge is 0.486 e. The third kappa shape index (κ3) is 3.86. The Kier molecular flexibility index (Phi) is 5.00. The normalized spacial score (nSPS) is 13.0. The Bertz CT molecular complexity index is 899. The maximum absolute atomic E-state index is 5.74. The molecule has 3 aromatic rings. The molecule has 2 aromatic carbocycles. The molecule has 0 radical (unpaired) electrons. The van der Waals surface area contributed by atoms with Gasteiger partial charge >= 0.3 is 0 Å². The van der Waals surface area contributed by atoms with Gasteiger partial charge in [-0.15, -0.1) is 10.2 Å². The molecule has 0 amide bonds. The lowest BCUT2D eigenvalue weighted by Crippen LogP contribution is -2.15. The van der Waals surface area contributed by atoms with Crippen LogP contribution in [0.1, 0.15) is 5.56 Å². The van der Waals surface area contributed by atoms with Gasteiger partial charge in [-0.05, 0) is 42.0 Å². The van der Waals surface area contributed by atoms with Crippen molar-refractivity contribution in [2.45, 2.75) is 11.0 Å². The van der Waals surface area contributed by atoms with Crippen LogP contribution in [0, 0.1) is 0 Å². The van der Waals surface area contributed by atoms with E-state index in [4.69, 9.17) is 13.9 Å². The zero-order valence-electron chi connectivity index (χ0n) is 12.9. The van der Waals surface area contributed by atoms with Crippen molar-refractivity contribution >= 4 is 43.6 Å². The fourth-order valence-electron chi connectivity index (χ4n) is 2.33. The zero-order valence-corrected chi connectivity index (χ0v) is 16.9. The van der Waals surface area contributed by atoms with Gasteiger partial charge in [0.2, 0.25) is 5.89 Å². The first kappa shape index (κ1) is 16.9. The molecule has 128 valence electrons. The molecular formula is C17H12Br2N2O3S. The highest BCUT2D eigenvalue weighted by Gasteiger charge is 2.16. The molecule has 0 bridgehead atoms. The standard InChI is InChI=1S/C17H12Br2N2O3S/c18-12-3-1-10(2-4-12)16-20-21-17(24-16)25-9-11-7-14-15(8-13(11)19)23-6-5-22-14/h1-4,7-8H,5-6,9H2. The van der Waals surface area contributed by atoms with Crippen LogP contribution in [0.15, 0.2) is 55.0 Å². The van der Waals surface area contributed by atoms with Gasteiger partial charge in [0.1, 0.15) is 13.2 Å². The maximum atomic E-state index is 5.74. The first-order valence-electron chi connectivity index (χ1n) is 7.49. The highest BCUT2D eigenvalue weighted by atomic mass is 79.9. The minimum atomic E-state index is 0.510. The van der Waals surface area contributed by atoms with E-state index in [1.807, 2.05) is 36.4 Å². The van der Waals surface area contributed by atoms with Crippen LogP contribution in [0.3, 0.4) is 0 Å². The summed E-state index contributed by atoms with van der Waals surface area (Å²) in [7, 11) is 0. The van der Waals surface area contributed by atoms with Crippen molar-refractivity contribution in [3.05, 3.63) is 50.9 Å². The van der Waals surface area contributed by atoms with Gasteiger partial charge in [-0.3, -0.25) is 0 Å². The van der Waals surface area contributed by atoms with E-state index >= 15 is 0 Å². The van der Waals surface area contributed by atoms with Gasteiger partial charge in [-0.2, -0.15) is 0 Å². The fourth-order valence-corrected chi connectivity index (χ4v) is 4.00. The van der Waals surface area contributed by atoms with Gasteiger partial charge in [0.25, 0.3) is 5.22 Å². The highest BCUT2D eigenvalue weighted by molar-refractivity contribution is 9.10. The van der Waals surface area contributed by atoms with Crippen LogP contribution in [0.4, 0.5) is 0 Å². The summed E-state index contributed by atoms with van der Waals surface area (Å²) in [5.41, 5.74) is 1.97. The molecule has 1 aromatic heterocycles. The van der Waals surface area contributed by atoms with Crippen LogP contribution in [0.5, 0.6) is 11.5 Å². The van der Waals surface area contributed by atoms with Gasteiger partial charge in [0.15, 0.2) is 11.5 Å². The number of hydrogen-bond acceptors (Lipinski definition) is 6. The van der Waals surface area contributed by atoms with Crippen molar-refractivity contribution in [2.24, 2.45) is 0 Å². The van der Waals surface area contributed by atoms with E-state index in [1.165, 1.54) is 11.8 Å². The third-order valence-corrected chi connectivity index (χ3v) is 5.69. The fraction of sp³-hybridized carbons (Fsp3) is 0.176. The Morgan fingerprint density at radius 3 is 2.44 bits per heavy atom. The number of ether oxygens (including phenoxy) is 2. The van der Waals surface area contributed by atoms with Gasteiger partial charge in [-0.1, -0.05) is 43.6 Å². The highest BCUT2D eigenvalue weighted by Crippen LogP contribution is 2.38. The van der Waals surface area contributed by atoms with Gasteiger partial charge in [0.05, 0.1) is 0 Å². The number of hydrogen-bond donors (Lipinski definition) is 0. The molecule has 0 aliphatic carbocycles. The van der Waals surface area contributed by atoms with Crippen molar-refractivity contribution in [3.63, 3.8) is 0 Å². The number of halogens is 2.